The summed E-state index contributed by atoms with van der Waals surface area (Å²) in [6.45, 7) is 14.0. The molecule has 12 heteroatoms. The molecule has 2 N–H and O–H groups in total. The number of anilines is 5. The molecule has 232 valence electrons. The SMILES string of the molecule is Cc1cc(Nc2ncc3c(n2)CN(c2cnc4c(c2C)N(C(=O)OC(C)(C)C)CCO4)CC3)ccc1NC(=O)CN1CCC1. The van der Waals surface area contributed by atoms with Gasteiger partial charge in [0, 0.05) is 29.7 Å². The average Bonchev–Trinajstić information content (AvgIpc) is 2.95. The van der Waals surface area contributed by atoms with Crippen molar-refractivity contribution in [2.75, 3.05) is 59.8 Å². The number of pyridine rings is 1. The second kappa shape index (κ2) is 11.9. The van der Waals surface area contributed by atoms with Crippen LogP contribution < -0.4 is 25.2 Å². The van der Waals surface area contributed by atoms with Crippen molar-refractivity contribution in [2.45, 2.75) is 59.6 Å². The third-order valence-electron chi connectivity index (χ3n) is 8.04. The smallest absolute Gasteiger partial charge is 0.415 e. The minimum absolute atomic E-state index is 0.00511. The molecule has 3 aliphatic heterocycles. The fraction of sp³-hybridized carbons (Fsp3) is 0.469. The van der Waals surface area contributed by atoms with Gasteiger partial charge in [0.2, 0.25) is 17.7 Å². The normalized spacial score (nSPS) is 16.3. The fourth-order valence-electron chi connectivity index (χ4n) is 5.66. The van der Waals surface area contributed by atoms with E-state index in [0.29, 0.717) is 43.8 Å². The van der Waals surface area contributed by atoms with Crippen molar-refractivity contribution < 1.29 is 19.1 Å². The van der Waals surface area contributed by atoms with E-state index in [1.54, 1.807) is 4.90 Å². The summed E-state index contributed by atoms with van der Waals surface area (Å²) in [4.78, 5) is 45.4. The summed E-state index contributed by atoms with van der Waals surface area (Å²) < 4.78 is 11.5. The quantitative estimate of drug-likeness (QED) is 0.416. The number of rotatable bonds is 6. The lowest BCUT2D eigenvalue weighted by Crippen LogP contribution is -2.42. The number of hydrogen-bond acceptors (Lipinski definition) is 10. The van der Waals surface area contributed by atoms with Gasteiger partial charge in [0.1, 0.15) is 17.9 Å². The maximum Gasteiger partial charge on any atom is 0.415 e. The maximum absolute atomic E-state index is 13.1. The minimum atomic E-state index is -0.610. The Kier molecular flexibility index (Phi) is 8.02. The van der Waals surface area contributed by atoms with Gasteiger partial charge in [-0.1, -0.05) is 0 Å². The molecule has 1 aromatic carbocycles. The lowest BCUT2D eigenvalue weighted by Gasteiger charge is -2.35. The maximum atomic E-state index is 13.1. The number of amides is 2. The third-order valence-corrected chi connectivity index (χ3v) is 8.04. The summed E-state index contributed by atoms with van der Waals surface area (Å²) in [5.74, 6) is 0.946. The van der Waals surface area contributed by atoms with E-state index in [9.17, 15) is 9.59 Å². The summed E-state index contributed by atoms with van der Waals surface area (Å²) >= 11 is 0. The molecular weight excluding hydrogens is 560 g/mol. The summed E-state index contributed by atoms with van der Waals surface area (Å²) in [7, 11) is 0. The molecule has 2 aromatic heterocycles. The Morgan fingerprint density at radius 1 is 1.07 bits per heavy atom. The molecule has 0 aliphatic carbocycles. The molecule has 44 heavy (non-hydrogen) atoms. The van der Waals surface area contributed by atoms with Gasteiger partial charge in [0.15, 0.2) is 0 Å². The Bertz CT molecular complexity index is 1580. The van der Waals surface area contributed by atoms with Crippen molar-refractivity contribution >= 4 is 40.7 Å². The van der Waals surface area contributed by atoms with Crippen molar-refractivity contribution in [3.63, 3.8) is 0 Å². The van der Waals surface area contributed by atoms with Crippen LogP contribution in [0.15, 0.2) is 30.6 Å². The topological polar surface area (TPSA) is 125 Å². The number of fused-ring (bicyclic) bond motifs is 2. The number of ether oxygens (including phenoxy) is 2. The second-order valence-electron chi connectivity index (χ2n) is 12.6. The molecule has 2 amide bonds. The Balaban J connectivity index is 1.16. The van der Waals surface area contributed by atoms with Crippen LogP contribution in [0.2, 0.25) is 0 Å². The zero-order valence-electron chi connectivity index (χ0n) is 26.1. The number of benzene rings is 1. The first-order valence-electron chi connectivity index (χ1n) is 15.2. The van der Waals surface area contributed by atoms with Crippen LogP contribution in [0.25, 0.3) is 0 Å². The number of nitrogens with one attached hydrogen (secondary N) is 2. The minimum Gasteiger partial charge on any atom is -0.474 e. The molecule has 0 saturated carbocycles. The highest BCUT2D eigenvalue weighted by atomic mass is 16.6. The van der Waals surface area contributed by atoms with Gasteiger partial charge in [0.05, 0.1) is 37.2 Å². The summed E-state index contributed by atoms with van der Waals surface area (Å²) in [6.07, 6.45) is 5.22. The molecule has 0 atom stereocenters. The number of likely N-dealkylation sites (tertiary alicyclic amines) is 1. The number of aryl methyl sites for hydroxylation is 1. The predicted octanol–water partition coefficient (Wildman–Crippen LogP) is 4.57. The van der Waals surface area contributed by atoms with Crippen LogP contribution in [0.3, 0.4) is 0 Å². The number of carbonyl (C=O) groups excluding carboxylic acids is 2. The molecule has 3 aromatic rings. The molecule has 1 saturated heterocycles. The molecular formula is C32H40N8O4. The van der Waals surface area contributed by atoms with Gasteiger partial charge < -0.3 is 25.0 Å². The molecule has 0 unspecified atom stereocenters. The summed E-state index contributed by atoms with van der Waals surface area (Å²) in [6, 6.07) is 5.80. The number of carbonyl (C=O) groups is 2. The van der Waals surface area contributed by atoms with Crippen LogP contribution in [0.1, 0.15) is 49.6 Å². The van der Waals surface area contributed by atoms with E-state index >= 15 is 0 Å². The highest BCUT2D eigenvalue weighted by Crippen LogP contribution is 2.40. The largest absolute Gasteiger partial charge is 0.474 e. The standard InChI is InChI=1S/C32H40N8O4/c1-20-15-23(7-8-24(20)36-27(41)19-38-10-6-11-38)35-30-34-16-22-9-12-39(18-25(22)37-30)26-17-33-29-28(21(26)2)40(13-14-43-29)31(42)44-32(3,4)5/h7-8,15-17H,6,9-14,18-19H2,1-5H3,(H,36,41)(H,34,35,37). The van der Waals surface area contributed by atoms with Gasteiger partial charge in [-0.25, -0.2) is 19.7 Å². The zero-order chi connectivity index (χ0) is 31.0. The molecule has 6 rings (SSSR count). The molecule has 0 spiro atoms. The van der Waals surface area contributed by atoms with Gasteiger partial charge in [-0.2, -0.15) is 0 Å². The highest BCUT2D eigenvalue weighted by molar-refractivity contribution is 5.93. The number of nitrogens with zero attached hydrogens (tertiary/aromatic N) is 6. The molecule has 5 heterocycles. The van der Waals surface area contributed by atoms with Crippen LogP contribution in [-0.4, -0.2) is 76.8 Å². The first-order chi connectivity index (χ1) is 21.0. The first kappa shape index (κ1) is 29.6. The van der Waals surface area contributed by atoms with E-state index in [1.807, 2.05) is 65.2 Å². The van der Waals surface area contributed by atoms with Crippen LogP contribution in [0, 0.1) is 13.8 Å². The van der Waals surface area contributed by atoms with E-state index in [-0.39, 0.29) is 5.91 Å². The number of aromatic nitrogens is 3. The second-order valence-corrected chi connectivity index (χ2v) is 12.6. The van der Waals surface area contributed by atoms with Gasteiger partial charge in [-0.3, -0.25) is 14.6 Å². The van der Waals surface area contributed by atoms with Gasteiger partial charge in [-0.05, 0) is 89.9 Å². The van der Waals surface area contributed by atoms with Crippen molar-refractivity contribution in [2.24, 2.45) is 0 Å². The Morgan fingerprint density at radius 3 is 2.61 bits per heavy atom. The average molecular weight is 601 g/mol. The van der Waals surface area contributed by atoms with Crippen molar-refractivity contribution in [3.8, 4) is 5.88 Å². The Labute approximate surface area is 257 Å². The van der Waals surface area contributed by atoms with Crippen LogP contribution >= 0.6 is 0 Å². The summed E-state index contributed by atoms with van der Waals surface area (Å²) in [5.41, 5.74) is 6.49. The fourth-order valence-corrected chi connectivity index (χ4v) is 5.66. The van der Waals surface area contributed by atoms with Crippen molar-refractivity contribution in [3.05, 3.63) is 53.0 Å². The molecule has 0 bridgehead atoms. The van der Waals surface area contributed by atoms with E-state index in [0.717, 1.165) is 71.9 Å². The van der Waals surface area contributed by atoms with Crippen molar-refractivity contribution in [1.29, 1.82) is 0 Å². The van der Waals surface area contributed by atoms with E-state index < -0.39 is 11.7 Å². The Morgan fingerprint density at radius 2 is 1.89 bits per heavy atom. The zero-order valence-corrected chi connectivity index (χ0v) is 26.1. The molecule has 0 radical (unpaired) electrons. The number of hydrogen-bond donors (Lipinski definition) is 2. The first-order valence-corrected chi connectivity index (χ1v) is 15.2. The molecule has 3 aliphatic rings. The lowest BCUT2D eigenvalue weighted by atomic mass is 10.0. The van der Waals surface area contributed by atoms with E-state index in [2.05, 4.69) is 30.4 Å². The van der Waals surface area contributed by atoms with Crippen LogP contribution in [0.5, 0.6) is 5.88 Å². The van der Waals surface area contributed by atoms with E-state index in [4.69, 9.17) is 14.5 Å². The van der Waals surface area contributed by atoms with Gasteiger partial charge in [0.25, 0.3) is 0 Å². The van der Waals surface area contributed by atoms with Crippen LogP contribution in [-0.2, 0) is 22.5 Å². The van der Waals surface area contributed by atoms with Gasteiger partial charge >= 0.3 is 6.09 Å². The van der Waals surface area contributed by atoms with Crippen LogP contribution in [0.4, 0.5) is 33.5 Å². The lowest BCUT2D eigenvalue weighted by molar-refractivity contribution is -0.118. The Hall–Kier alpha value is -4.45. The third kappa shape index (κ3) is 6.40. The van der Waals surface area contributed by atoms with Gasteiger partial charge in [-0.15, -0.1) is 0 Å². The van der Waals surface area contributed by atoms with E-state index in [1.165, 1.54) is 0 Å². The van der Waals surface area contributed by atoms with Crippen molar-refractivity contribution in [1.82, 2.24) is 19.9 Å². The molecule has 12 nitrogen and oxygen atoms in total. The highest BCUT2D eigenvalue weighted by Gasteiger charge is 2.33. The molecule has 1 fully saturated rings. The monoisotopic (exact) mass is 600 g/mol. The summed E-state index contributed by atoms with van der Waals surface area (Å²) in [5, 5.41) is 6.34. The predicted molar refractivity (Wildman–Crippen MR) is 169 cm³/mol.